The smallest absolute Gasteiger partial charge is 0.261 e. The van der Waals surface area contributed by atoms with Crippen molar-refractivity contribution >= 4 is 21.6 Å². The molecule has 10 nitrogen and oxygen atoms in total. The van der Waals surface area contributed by atoms with Crippen molar-refractivity contribution in [2.45, 2.75) is 37.4 Å². The molecule has 0 saturated carbocycles. The third-order valence-electron chi connectivity index (χ3n) is 8.13. The summed E-state index contributed by atoms with van der Waals surface area (Å²) in [5.74, 6) is 2.00. The molecule has 47 heavy (non-hydrogen) atoms. The molecular weight excluding hydrogens is 618 g/mol. The summed E-state index contributed by atoms with van der Waals surface area (Å²) in [6.45, 7) is 5.17. The van der Waals surface area contributed by atoms with Gasteiger partial charge in [-0.2, -0.15) is 0 Å². The first kappa shape index (κ1) is 33.8. The molecule has 248 valence electrons. The van der Waals surface area contributed by atoms with Crippen LogP contribution in [-0.2, 0) is 16.6 Å². The van der Waals surface area contributed by atoms with Gasteiger partial charge in [0.1, 0.15) is 29.1 Å². The number of nitrogens with zero attached hydrogens (tertiary/aromatic N) is 2. The van der Waals surface area contributed by atoms with Crippen molar-refractivity contribution in [1.29, 1.82) is 0 Å². The third kappa shape index (κ3) is 8.42. The van der Waals surface area contributed by atoms with Gasteiger partial charge in [-0.1, -0.05) is 37.3 Å². The van der Waals surface area contributed by atoms with Gasteiger partial charge in [0, 0.05) is 31.2 Å². The summed E-state index contributed by atoms with van der Waals surface area (Å²) in [6, 6.07) is 27.8. The van der Waals surface area contributed by atoms with E-state index in [1.165, 1.54) is 25.3 Å². The molecule has 4 aromatic carbocycles. The molecule has 0 spiro atoms. The van der Waals surface area contributed by atoms with Gasteiger partial charge in [-0.25, -0.2) is 8.42 Å². The van der Waals surface area contributed by atoms with Crippen LogP contribution in [0.25, 0.3) is 0 Å². The second-order valence-corrected chi connectivity index (χ2v) is 13.6. The fourth-order valence-electron chi connectivity index (χ4n) is 5.44. The van der Waals surface area contributed by atoms with Crippen LogP contribution in [0, 0.1) is 5.92 Å². The second-order valence-electron chi connectivity index (χ2n) is 11.9. The number of fused-ring (bicyclic) bond motifs is 1. The van der Waals surface area contributed by atoms with Gasteiger partial charge < -0.3 is 24.2 Å². The van der Waals surface area contributed by atoms with Crippen LogP contribution in [-0.4, -0.2) is 75.2 Å². The molecule has 0 radical (unpaired) electrons. The number of amides is 1. The lowest BCUT2D eigenvalue weighted by Gasteiger charge is -2.38. The standard InChI is InChI=1S/C36H41N3O7S/c1-25-21-39(26(2)24-40)36(41)33-20-28(37-47(42,43)32-17-15-29(44-4)16-18-32)12-19-34(33)46-35(25)23-38(3)22-27-10-13-31(14-11-27)45-30-8-6-5-7-9-30/h5-20,25-26,35,37,40H,21-24H2,1-4H3/t25-,26+,35+/m1/s1. The van der Waals surface area contributed by atoms with Crippen molar-refractivity contribution in [3.63, 3.8) is 0 Å². The van der Waals surface area contributed by atoms with Crippen LogP contribution in [0.4, 0.5) is 5.69 Å². The Morgan fingerprint density at radius 3 is 2.30 bits per heavy atom. The van der Waals surface area contributed by atoms with Crippen LogP contribution in [0.1, 0.15) is 29.8 Å². The molecule has 1 aliphatic heterocycles. The highest BCUT2D eigenvalue weighted by Gasteiger charge is 2.34. The SMILES string of the molecule is COc1ccc(S(=O)(=O)Nc2ccc3c(c2)C(=O)N([C@@H](C)CO)C[C@@H](C)[C@H](CN(C)Cc2ccc(Oc4ccccc4)cc2)O3)cc1. The normalized spacial score (nSPS) is 17.2. The molecule has 3 atom stereocenters. The van der Waals surface area contributed by atoms with Gasteiger partial charge in [0.05, 0.1) is 30.2 Å². The van der Waals surface area contributed by atoms with E-state index in [9.17, 15) is 18.3 Å². The number of carbonyl (C=O) groups excluding carboxylic acids is 1. The zero-order valence-electron chi connectivity index (χ0n) is 27.0. The zero-order chi connectivity index (χ0) is 33.6. The average molecular weight is 660 g/mol. The van der Waals surface area contributed by atoms with Crippen LogP contribution in [0.5, 0.6) is 23.0 Å². The van der Waals surface area contributed by atoms with E-state index < -0.39 is 16.1 Å². The second kappa shape index (κ2) is 14.9. The van der Waals surface area contributed by atoms with Crippen molar-refractivity contribution in [3.05, 3.63) is 108 Å². The van der Waals surface area contributed by atoms with Crippen molar-refractivity contribution in [2.24, 2.45) is 5.92 Å². The van der Waals surface area contributed by atoms with Gasteiger partial charge >= 0.3 is 0 Å². The van der Waals surface area contributed by atoms with Gasteiger partial charge in [0.25, 0.3) is 15.9 Å². The number of aliphatic hydroxyl groups excluding tert-OH is 1. The zero-order valence-corrected chi connectivity index (χ0v) is 27.8. The molecule has 0 aliphatic carbocycles. The number of nitrogens with one attached hydrogen (secondary N) is 1. The minimum absolute atomic E-state index is 0.0541. The maximum absolute atomic E-state index is 13.8. The number of likely N-dealkylation sites (N-methyl/N-ethyl adjacent to an activating group) is 1. The average Bonchev–Trinajstić information content (AvgIpc) is 3.07. The Hall–Kier alpha value is -4.58. The van der Waals surface area contributed by atoms with Gasteiger partial charge in [-0.15, -0.1) is 0 Å². The fraction of sp³-hybridized carbons (Fsp3) is 0.306. The maximum atomic E-state index is 13.8. The van der Waals surface area contributed by atoms with Crippen molar-refractivity contribution in [1.82, 2.24) is 9.80 Å². The van der Waals surface area contributed by atoms with E-state index in [2.05, 4.69) is 9.62 Å². The Labute approximate surface area is 276 Å². The predicted molar refractivity (Wildman–Crippen MR) is 181 cm³/mol. The molecule has 0 fully saturated rings. The van der Waals surface area contributed by atoms with Gasteiger partial charge in [0.15, 0.2) is 0 Å². The molecule has 1 amide bonds. The number of anilines is 1. The summed E-state index contributed by atoms with van der Waals surface area (Å²) in [4.78, 5) is 17.7. The minimum atomic E-state index is -3.94. The van der Waals surface area contributed by atoms with E-state index in [0.29, 0.717) is 31.1 Å². The van der Waals surface area contributed by atoms with Crippen LogP contribution < -0.4 is 18.9 Å². The van der Waals surface area contributed by atoms with Gasteiger partial charge in [-0.05, 0) is 86.3 Å². The van der Waals surface area contributed by atoms with E-state index in [0.717, 1.165) is 17.1 Å². The first-order valence-corrected chi connectivity index (χ1v) is 16.9. The number of rotatable bonds is 12. The highest BCUT2D eigenvalue weighted by Crippen LogP contribution is 2.32. The molecule has 5 rings (SSSR count). The number of hydrogen-bond donors (Lipinski definition) is 2. The number of sulfonamides is 1. The van der Waals surface area contributed by atoms with Crippen molar-refractivity contribution in [3.8, 4) is 23.0 Å². The van der Waals surface area contributed by atoms with E-state index in [4.69, 9.17) is 14.2 Å². The topological polar surface area (TPSA) is 118 Å². The monoisotopic (exact) mass is 659 g/mol. The number of carbonyl (C=O) groups is 1. The Morgan fingerprint density at radius 2 is 1.64 bits per heavy atom. The molecule has 11 heteroatoms. The highest BCUT2D eigenvalue weighted by atomic mass is 32.2. The molecule has 4 aromatic rings. The lowest BCUT2D eigenvalue weighted by atomic mass is 9.99. The van der Waals surface area contributed by atoms with E-state index >= 15 is 0 Å². The highest BCUT2D eigenvalue weighted by molar-refractivity contribution is 7.92. The van der Waals surface area contributed by atoms with Crippen LogP contribution in [0.15, 0.2) is 102 Å². The fourth-order valence-corrected chi connectivity index (χ4v) is 6.49. The van der Waals surface area contributed by atoms with E-state index in [1.54, 1.807) is 36.1 Å². The third-order valence-corrected chi connectivity index (χ3v) is 9.53. The number of aliphatic hydroxyl groups is 1. The molecule has 2 N–H and O–H groups in total. The lowest BCUT2D eigenvalue weighted by Crippen LogP contribution is -2.49. The summed E-state index contributed by atoms with van der Waals surface area (Å²) in [5, 5.41) is 10.0. The summed E-state index contributed by atoms with van der Waals surface area (Å²) < 4.78 is 46.4. The van der Waals surface area contributed by atoms with Crippen LogP contribution in [0.2, 0.25) is 0 Å². The molecule has 0 saturated heterocycles. The quantitative estimate of drug-likeness (QED) is 0.201. The Morgan fingerprint density at radius 1 is 0.979 bits per heavy atom. The molecule has 1 aliphatic rings. The molecular formula is C36H41N3O7S. The van der Waals surface area contributed by atoms with Crippen molar-refractivity contribution in [2.75, 3.05) is 38.6 Å². The predicted octanol–water partition coefficient (Wildman–Crippen LogP) is 5.64. The van der Waals surface area contributed by atoms with E-state index in [-0.39, 0.29) is 40.7 Å². The molecule has 0 unspecified atom stereocenters. The van der Waals surface area contributed by atoms with Gasteiger partial charge in [-0.3, -0.25) is 14.4 Å². The largest absolute Gasteiger partial charge is 0.497 e. The number of hydrogen-bond acceptors (Lipinski definition) is 8. The summed E-state index contributed by atoms with van der Waals surface area (Å²) in [5.41, 5.74) is 1.54. The first-order valence-electron chi connectivity index (χ1n) is 15.5. The Bertz CT molecular complexity index is 1750. The van der Waals surface area contributed by atoms with Crippen LogP contribution >= 0.6 is 0 Å². The first-order chi connectivity index (χ1) is 22.6. The molecule has 0 bridgehead atoms. The summed E-state index contributed by atoms with van der Waals surface area (Å²) >= 11 is 0. The number of ether oxygens (including phenoxy) is 3. The van der Waals surface area contributed by atoms with E-state index in [1.807, 2.05) is 68.6 Å². The number of benzene rings is 4. The number of para-hydroxylation sites is 1. The maximum Gasteiger partial charge on any atom is 0.261 e. The molecule has 0 aromatic heterocycles. The van der Waals surface area contributed by atoms with Gasteiger partial charge in [0.2, 0.25) is 0 Å². The van der Waals surface area contributed by atoms with Crippen molar-refractivity contribution < 1.29 is 32.5 Å². The lowest BCUT2D eigenvalue weighted by molar-refractivity contribution is 0.0341. The van der Waals surface area contributed by atoms with Crippen LogP contribution in [0.3, 0.4) is 0 Å². The summed E-state index contributed by atoms with van der Waals surface area (Å²) in [6.07, 6.45) is -0.303. The Balaban J connectivity index is 1.33. The molecule has 1 heterocycles. The summed E-state index contributed by atoms with van der Waals surface area (Å²) in [7, 11) is -0.424. The number of methoxy groups -OCH3 is 1. The minimum Gasteiger partial charge on any atom is -0.497 e. The Kier molecular flexibility index (Phi) is 10.7.